The summed E-state index contributed by atoms with van der Waals surface area (Å²) in [5, 5.41) is 5.45. The third-order valence-electron chi connectivity index (χ3n) is 6.84. The molecule has 2 fully saturated rings. The largest absolute Gasteiger partial charge is 0.454 e. The zero-order valence-corrected chi connectivity index (χ0v) is 18.8. The molecule has 0 unspecified atom stereocenters. The maximum atomic E-state index is 6.35. The molecule has 4 heterocycles. The van der Waals surface area contributed by atoms with Crippen molar-refractivity contribution in [1.82, 2.24) is 15.2 Å². The second kappa shape index (κ2) is 8.43. The highest BCUT2D eigenvalue weighted by Crippen LogP contribution is 2.37. The van der Waals surface area contributed by atoms with Gasteiger partial charge in [-0.1, -0.05) is 29.8 Å². The Morgan fingerprint density at radius 1 is 1.00 bits per heavy atom. The predicted molar refractivity (Wildman–Crippen MR) is 127 cm³/mol. The molecule has 6 nitrogen and oxygen atoms in total. The molecular formula is C25H27ClN4O2. The second-order valence-electron chi connectivity index (χ2n) is 8.84. The van der Waals surface area contributed by atoms with Crippen LogP contribution in [0, 0.1) is 0 Å². The topological polar surface area (TPSA) is 49.9 Å². The van der Waals surface area contributed by atoms with E-state index in [1.165, 1.54) is 24.9 Å². The van der Waals surface area contributed by atoms with Gasteiger partial charge in [-0.05, 0) is 43.1 Å². The van der Waals surface area contributed by atoms with Crippen molar-refractivity contribution in [1.29, 1.82) is 0 Å². The SMILES string of the molecule is Clc1ccccc1CNCc1cc2cc3c(cc2nc1N1CCN2CCC[C@@H]2C1)OCO3. The summed E-state index contributed by atoms with van der Waals surface area (Å²) in [7, 11) is 0. The Balaban J connectivity index is 1.31. The average Bonchev–Trinajstić information content (AvgIpc) is 3.46. The number of rotatable bonds is 5. The molecule has 3 aromatic rings. The monoisotopic (exact) mass is 450 g/mol. The molecule has 3 aliphatic rings. The molecule has 32 heavy (non-hydrogen) atoms. The van der Waals surface area contributed by atoms with E-state index in [0.29, 0.717) is 12.6 Å². The molecule has 0 spiro atoms. The van der Waals surface area contributed by atoms with Gasteiger partial charge in [-0.3, -0.25) is 4.90 Å². The zero-order chi connectivity index (χ0) is 21.5. The zero-order valence-electron chi connectivity index (χ0n) is 18.0. The molecule has 1 atom stereocenters. The summed E-state index contributed by atoms with van der Waals surface area (Å²) in [6.07, 6.45) is 2.59. The number of aromatic nitrogens is 1. The predicted octanol–water partition coefficient (Wildman–Crippen LogP) is 4.19. The standard InChI is InChI=1S/C25H27ClN4O2/c26-21-6-2-1-4-17(21)13-27-14-19-10-18-11-23-24(32-16-31-23)12-22(18)28-25(19)30-9-8-29-7-3-5-20(29)15-30/h1-2,4,6,10-12,20,27H,3,5,7-9,13-16H2/t20-/m1/s1. The minimum atomic E-state index is 0.272. The molecule has 0 amide bonds. The van der Waals surface area contributed by atoms with Crippen LogP contribution in [0.4, 0.5) is 5.82 Å². The lowest BCUT2D eigenvalue weighted by atomic mass is 10.1. The van der Waals surface area contributed by atoms with Crippen molar-refractivity contribution in [3.05, 3.63) is 58.6 Å². The third-order valence-corrected chi connectivity index (χ3v) is 7.21. The van der Waals surface area contributed by atoms with E-state index in [1.54, 1.807) is 0 Å². The number of pyridine rings is 1. The van der Waals surface area contributed by atoms with Crippen molar-refractivity contribution >= 4 is 28.3 Å². The number of piperazine rings is 1. The van der Waals surface area contributed by atoms with Gasteiger partial charge in [-0.15, -0.1) is 0 Å². The van der Waals surface area contributed by atoms with Crippen molar-refractivity contribution in [2.75, 3.05) is 37.9 Å². The van der Waals surface area contributed by atoms with Gasteiger partial charge in [-0.25, -0.2) is 4.98 Å². The van der Waals surface area contributed by atoms with Crippen LogP contribution in [0.15, 0.2) is 42.5 Å². The highest BCUT2D eigenvalue weighted by molar-refractivity contribution is 6.31. The van der Waals surface area contributed by atoms with Crippen LogP contribution < -0.4 is 19.7 Å². The average molecular weight is 451 g/mol. The van der Waals surface area contributed by atoms with Gasteiger partial charge in [0, 0.05) is 60.8 Å². The van der Waals surface area contributed by atoms with Crippen LogP contribution in [0.1, 0.15) is 24.0 Å². The maximum absolute atomic E-state index is 6.35. The maximum Gasteiger partial charge on any atom is 0.231 e. The Hall–Kier alpha value is -2.54. The molecule has 0 radical (unpaired) electrons. The van der Waals surface area contributed by atoms with Gasteiger partial charge in [-0.2, -0.15) is 0 Å². The van der Waals surface area contributed by atoms with E-state index in [-0.39, 0.29) is 6.79 Å². The van der Waals surface area contributed by atoms with Crippen LogP contribution >= 0.6 is 11.6 Å². The molecular weight excluding hydrogens is 424 g/mol. The number of nitrogens with zero attached hydrogens (tertiary/aromatic N) is 3. The van der Waals surface area contributed by atoms with Crippen LogP contribution in [0.25, 0.3) is 10.9 Å². The Morgan fingerprint density at radius 2 is 1.84 bits per heavy atom. The molecule has 3 aliphatic heterocycles. The summed E-state index contributed by atoms with van der Waals surface area (Å²) in [6, 6.07) is 14.9. The fraction of sp³-hybridized carbons (Fsp3) is 0.400. The number of hydrogen-bond acceptors (Lipinski definition) is 6. The molecule has 0 aliphatic carbocycles. The summed E-state index contributed by atoms with van der Waals surface area (Å²) in [4.78, 5) is 10.2. The number of hydrogen-bond donors (Lipinski definition) is 1. The second-order valence-corrected chi connectivity index (χ2v) is 9.25. The highest BCUT2D eigenvalue weighted by Gasteiger charge is 2.32. The van der Waals surface area contributed by atoms with E-state index in [9.17, 15) is 0 Å². The molecule has 166 valence electrons. The number of nitrogens with one attached hydrogen (secondary N) is 1. The normalized spacial score (nSPS) is 20.2. The van der Waals surface area contributed by atoms with Gasteiger partial charge < -0.3 is 19.7 Å². The van der Waals surface area contributed by atoms with Crippen molar-refractivity contribution in [3.63, 3.8) is 0 Å². The van der Waals surface area contributed by atoms with Crippen LogP contribution in [-0.4, -0.2) is 48.9 Å². The van der Waals surface area contributed by atoms with Gasteiger partial charge in [0.15, 0.2) is 11.5 Å². The van der Waals surface area contributed by atoms with E-state index in [1.807, 2.05) is 30.3 Å². The Labute approximate surface area is 193 Å². The Morgan fingerprint density at radius 3 is 2.75 bits per heavy atom. The fourth-order valence-electron chi connectivity index (χ4n) is 5.16. The summed E-state index contributed by atoms with van der Waals surface area (Å²) in [5.41, 5.74) is 3.26. The number of ether oxygens (including phenoxy) is 2. The number of fused-ring (bicyclic) bond motifs is 3. The highest BCUT2D eigenvalue weighted by atomic mass is 35.5. The molecule has 1 aromatic heterocycles. The van der Waals surface area contributed by atoms with E-state index < -0.39 is 0 Å². The lowest BCUT2D eigenvalue weighted by molar-refractivity contribution is 0.174. The summed E-state index contributed by atoms with van der Waals surface area (Å²) >= 11 is 6.35. The van der Waals surface area contributed by atoms with Crippen molar-refractivity contribution in [2.24, 2.45) is 0 Å². The van der Waals surface area contributed by atoms with Crippen LogP contribution in [0.3, 0.4) is 0 Å². The lowest BCUT2D eigenvalue weighted by Crippen LogP contribution is -2.50. The van der Waals surface area contributed by atoms with E-state index in [2.05, 4.69) is 27.2 Å². The van der Waals surface area contributed by atoms with E-state index in [0.717, 1.165) is 65.0 Å². The van der Waals surface area contributed by atoms with Crippen molar-refractivity contribution in [2.45, 2.75) is 32.0 Å². The molecule has 0 saturated carbocycles. The molecule has 7 heteroatoms. The molecule has 1 N–H and O–H groups in total. The van der Waals surface area contributed by atoms with Gasteiger partial charge in [0.1, 0.15) is 5.82 Å². The minimum absolute atomic E-state index is 0.272. The number of anilines is 1. The van der Waals surface area contributed by atoms with Crippen molar-refractivity contribution < 1.29 is 9.47 Å². The minimum Gasteiger partial charge on any atom is -0.454 e. The van der Waals surface area contributed by atoms with Gasteiger partial charge in [0.2, 0.25) is 6.79 Å². The van der Waals surface area contributed by atoms with E-state index >= 15 is 0 Å². The molecule has 0 bridgehead atoms. The number of benzene rings is 2. The van der Waals surface area contributed by atoms with Crippen LogP contribution in [0.2, 0.25) is 5.02 Å². The molecule has 2 aromatic carbocycles. The van der Waals surface area contributed by atoms with Gasteiger partial charge >= 0.3 is 0 Å². The number of halogens is 1. The smallest absolute Gasteiger partial charge is 0.231 e. The summed E-state index contributed by atoms with van der Waals surface area (Å²) < 4.78 is 11.2. The van der Waals surface area contributed by atoms with Gasteiger partial charge in [0.25, 0.3) is 0 Å². The quantitative estimate of drug-likeness (QED) is 0.629. The molecule has 2 saturated heterocycles. The van der Waals surface area contributed by atoms with Crippen molar-refractivity contribution in [3.8, 4) is 11.5 Å². The first-order chi connectivity index (χ1) is 15.7. The Kier molecular flexibility index (Phi) is 5.29. The van der Waals surface area contributed by atoms with E-state index in [4.69, 9.17) is 26.1 Å². The van der Waals surface area contributed by atoms with Crippen LogP contribution in [-0.2, 0) is 13.1 Å². The summed E-state index contributed by atoms with van der Waals surface area (Å²) in [5.74, 6) is 2.65. The Bertz CT molecular complexity index is 1150. The van der Waals surface area contributed by atoms with Gasteiger partial charge in [0.05, 0.1) is 5.52 Å². The lowest BCUT2D eigenvalue weighted by Gasteiger charge is -2.39. The first-order valence-electron chi connectivity index (χ1n) is 11.4. The third kappa shape index (κ3) is 3.76. The fourth-order valence-corrected chi connectivity index (χ4v) is 5.36. The molecule has 6 rings (SSSR count). The summed E-state index contributed by atoms with van der Waals surface area (Å²) in [6.45, 7) is 6.11. The first-order valence-corrected chi connectivity index (χ1v) is 11.8. The first kappa shape index (κ1) is 20.1. The van der Waals surface area contributed by atoms with Crippen LogP contribution in [0.5, 0.6) is 11.5 Å².